The standard InChI is InChI=1S/C43H47ClN4OS/c1-45(2)36-19-9-31(10-20-36)42(32-11-21-37(22-12-32)46(3)4)29-41(50(49)40-27-17-35(44)18-28-40)30-43(33-13-23-38(24-14-33)47(5)6)34-15-25-39(26-16-34)48(7)8/h9-30,41H,1-8H3. The molecule has 0 fully saturated rings. The number of hydrogen-bond acceptors (Lipinski definition) is 5. The molecule has 0 aliphatic carbocycles. The molecule has 1 unspecified atom stereocenters. The first-order valence-corrected chi connectivity index (χ1v) is 18.2. The first-order chi connectivity index (χ1) is 23.9. The van der Waals surface area contributed by atoms with Crippen molar-refractivity contribution >= 4 is 56.3 Å². The van der Waals surface area contributed by atoms with Gasteiger partial charge in [0.25, 0.3) is 0 Å². The van der Waals surface area contributed by atoms with E-state index in [4.69, 9.17) is 11.6 Å². The van der Waals surface area contributed by atoms with Crippen LogP contribution >= 0.6 is 11.6 Å². The van der Waals surface area contributed by atoms with Crippen molar-refractivity contribution in [3.8, 4) is 0 Å². The third kappa shape index (κ3) is 8.87. The van der Waals surface area contributed by atoms with Gasteiger partial charge in [0.15, 0.2) is 0 Å². The molecule has 1 atom stereocenters. The Morgan fingerprint density at radius 3 is 0.960 bits per heavy atom. The molecule has 5 aromatic rings. The van der Waals surface area contributed by atoms with Crippen LogP contribution in [0.2, 0.25) is 5.02 Å². The van der Waals surface area contributed by atoms with Crippen LogP contribution in [0, 0.1) is 0 Å². The fraction of sp³-hybridized carbons (Fsp3) is 0.209. The van der Waals surface area contributed by atoms with Crippen LogP contribution in [0.15, 0.2) is 138 Å². The topological polar surface area (TPSA) is 30.0 Å². The van der Waals surface area contributed by atoms with Crippen LogP contribution in [-0.4, -0.2) is 65.8 Å². The molecule has 5 aromatic carbocycles. The molecule has 0 aromatic heterocycles. The van der Waals surface area contributed by atoms with Gasteiger partial charge in [-0.3, -0.25) is 4.21 Å². The smallest absolute Gasteiger partial charge is 0.0773 e. The summed E-state index contributed by atoms with van der Waals surface area (Å²) in [4.78, 5) is 9.08. The van der Waals surface area contributed by atoms with Crippen LogP contribution in [-0.2, 0) is 10.8 Å². The van der Waals surface area contributed by atoms with E-state index in [-0.39, 0.29) is 0 Å². The van der Waals surface area contributed by atoms with Gasteiger partial charge in [0.2, 0.25) is 0 Å². The van der Waals surface area contributed by atoms with Gasteiger partial charge in [-0.15, -0.1) is 0 Å². The van der Waals surface area contributed by atoms with Crippen LogP contribution < -0.4 is 19.6 Å². The largest absolute Gasteiger partial charge is 0.378 e. The van der Waals surface area contributed by atoms with Crippen molar-refractivity contribution in [2.75, 3.05) is 76.0 Å². The molecule has 0 heterocycles. The molecular weight excluding hydrogens is 656 g/mol. The van der Waals surface area contributed by atoms with Gasteiger partial charge in [0.05, 0.1) is 16.0 Å². The summed E-state index contributed by atoms with van der Waals surface area (Å²) < 4.78 is 14.8. The van der Waals surface area contributed by atoms with E-state index in [1.165, 1.54) is 0 Å². The highest BCUT2D eigenvalue weighted by molar-refractivity contribution is 7.86. The van der Waals surface area contributed by atoms with Crippen LogP contribution in [0.5, 0.6) is 0 Å². The number of halogens is 1. The van der Waals surface area contributed by atoms with E-state index in [2.05, 4.69) is 129 Å². The average Bonchev–Trinajstić information content (AvgIpc) is 3.12. The average molecular weight is 703 g/mol. The zero-order valence-electron chi connectivity index (χ0n) is 30.3. The van der Waals surface area contributed by atoms with Crippen molar-refractivity contribution in [1.82, 2.24) is 0 Å². The summed E-state index contributed by atoms with van der Waals surface area (Å²) in [5.41, 5.74) is 10.7. The molecule has 0 amide bonds. The summed E-state index contributed by atoms with van der Waals surface area (Å²) in [5, 5.41) is 0.115. The van der Waals surface area contributed by atoms with Crippen LogP contribution in [0.4, 0.5) is 22.7 Å². The van der Waals surface area contributed by atoms with E-state index in [9.17, 15) is 4.21 Å². The van der Waals surface area contributed by atoms with E-state index in [1.54, 1.807) is 12.1 Å². The van der Waals surface area contributed by atoms with Crippen molar-refractivity contribution in [2.24, 2.45) is 0 Å². The minimum absolute atomic E-state index is 0.495. The SMILES string of the molecule is CN(C)c1ccc(C(=CC(C=C(c2ccc(N(C)C)cc2)c2ccc(N(C)C)cc2)S(=O)c2ccc(Cl)cc2)c2ccc(N(C)C)cc2)cc1. The summed E-state index contributed by atoms with van der Waals surface area (Å²) in [6.45, 7) is 0. The predicted octanol–water partition coefficient (Wildman–Crippen LogP) is 9.34. The molecule has 5 rings (SSSR count). The van der Waals surface area contributed by atoms with Gasteiger partial charge >= 0.3 is 0 Å². The van der Waals surface area contributed by atoms with Crippen LogP contribution in [0.25, 0.3) is 11.1 Å². The van der Waals surface area contributed by atoms with Gasteiger partial charge in [-0.1, -0.05) is 72.3 Å². The van der Waals surface area contributed by atoms with Gasteiger partial charge in [0, 0.05) is 89.0 Å². The second kappa shape index (κ2) is 16.3. The fourth-order valence-electron chi connectivity index (χ4n) is 5.70. The van der Waals surface area contributed by atoms with Crippen molar-refractivity contribution in [3.05, 3.63) is 161 Å². The molecule has 0 bridgehead atoms. The van der Waals surface area contributed by atoms with Crippen molar-refractivity contribution in [2.45, 2.75) is 10.1 Å². The molecule has 7 heteroatoms. The van der Waals surface area contributed by atoms with Gasteiger partial charge < -0.3 is 19.6 Å². The summed E-state index contributed by atoms with van der Waals surface area (Å²) in [6, 6.07) is 41.5. The fourth-order valence-corrected chi connectivity index (χ4v) is 7.06. The summed E-state index contributed by atoms with van der Waals surface area (Å²) in [6.07, 6.45) is 4.34. The molecular formula is C43H47ClN4OS. The van der Waals surface area contributed by atoms with E-state index in [0.29, 0.717) is 9.92 Å². The highest BCUT2D eigenvalue weighted by Gasteiger charge is 2.20. The minimum atomic E-state index is -1.46. The van der Waals surface area contributed by atoms with E-state index in [1.807, 2.05) is 68.5 Å². The minimum Gasteiger partial charge on any atom is -0.378 e. The molecule has 0 N–H and O–H groups in total. The van der Waals surface area contributed by atoms with Crippen molar-refractivity contribution in [3.63, 3.8) is 0 Å². The van der Waals surface area contributed by atoms with Crippen molar-refractivity contribution < 1.29 is 4.21 Å². The molecule has 0 saturated heterocycles. The summed E-state index contributed by atoms with van der Waals surface area (Å²) in [7, 11) is 14.9. The maximum absolute atomic E-state index is 14.8. The maximum atomic E-state index is 14.8. The number of nitrogens with zero attached hydrogens (tertiary/aromatic N) is 4. The Morgan fingerprint density at radius 2 is 0.720 bits per heavy atom. The first-order valence-electron chi connectivity index (χ1n) is 16.6. The highest BCUT2D eigenvalue weighted by atomic mass is 35.5. The lowest BCUT2D eigenvalue weighted by Gasteiger charge is -2.20. The van der Waals surface area contributed by atoms with Gasteiger partial charge in [-0.05, 0) is 106 Å². The van der Waals surface area contributed by atoms with E-state index >= 15 is 0 Å². The molecule has 258 valence electrons. The molecule has 50 heavy (non-hydrogen) atoms. The van der Waals surface area contributed by atoms with Crippen LogP contribution in [0.1, 0.15) is 22.3 Å². The Hall–Kier alpha value is -4.78. The van der Waals surface area contributed by atoms with Gasteiger partial charge in [-0.2, -0.15) is 0 Å². The summed E-state index contributed by atoms with van der Waals surface area (Å²) in [5.74, 6) is 0. The second-order valence-corrected chi connectivity index (χ2v) is 15.2. The molecule has 5 nitrogen and oxygen atoms in total. The molecule has 0 saturated carbocycles. The van der Waals surface area contributed by atoms with Crippen molar-refractivity contribution in [1.29, 1.82) is 0 Å². The lowest BCUT2D eigenvalue weighted by molar-refractivity contribution is 0.682. The number of benzene rings is 5. The Bertz CT molecular complexity index is 1720. The molecule has 0 aliphatic rings. The zero-order chi connectivity index (χ0) is 35.9. The highest BCUT2D eigenvalue weighted by Crippen LogP contribution is 2.33. The van der Waals surface area contributed by atoms with Gasteiger partial charge in [0.1, 0.15) is 0 Å². The third-order valence-corrected chi connectivity index (χ3v) is 10.5. The first kappa shape index (κ1) is 36.5. The quantitative estimate of drug-likeness (QED) is 0.129. The zero-order valence-corrected chi connectivity index (χ0v) is 31.8. The monoisotopic (exact) mass is 702 g/mol. The van der Waals surface area contributed by atoms with Crippen LogP contribution in [0.3, 0.4) is 0 Å². The lowest BCUT2D eigenvalue weighted by atomic mass is 9.93. The summed E-state index contributed by atoms with van der Waals surface area (Å²) >= 11 is 6.29. The van der Waals surface area contributed by atoms with Gasteiger partial charge in [-0.25, -0.2) is 0 Å². The van der Waals surface area contributed by atoms with E-state index < -0.39 is 16.0 Å². The molecule has 0 aliphatic heterocycles. The number of anilines is 4. The third-order valence-electron chi connectivity index (χ3n) is 8.73. The Labute approximate surface area is 306 Å². The number of hydrogen-bond donors (Lipinski definition) is 0. The predicted molar refractivity (Wildman–Crippen MR) is 219 cm³/mol. The molecule has 0 spiro atoms. The second-order valence-electron chi connectivity index (χ2n) is 13.1. The lowest BCUT2D eigenvalue weighted by Crippen LogP contribution is -2.13. The maximum Gasteiger partial charge on any atom is 0.0773 e. The Balaban J connectivity index is 1.76. The van der Waals surface area contributed by atoms with E-state index in [0.717, 1.165) is 56.1 Å². The Morgan fingerprint density at radius 1 is 0.460 bits per heavy atom. The Kier molecular flexibility index (Phi) is 11.9. The normalized spacial score (nSPS) is 11.5. The molecule has 0 radical (unpaired) electrons. The number of rotatable bonds is 12.